The van der Waals surface area contributed by atoms with Crippen molar-refractivity contribution in [2.45, 2.75) is 32.0 Å². The maximum atomic E-state index is 13.2. The second kappa shape index (κ2) is 5.31. The molecular weight excluding hydrogens is 269 g/mol. The predicted molar refractivity (Wildman–Crippen MR) is 67.7 cm³/mol. The van der Waals surface area contributed by atoms with Crippen LogP contribution < -0.4 is 0 Å². The van der Waals surface area contributed by atoms with Crippen molar-refractivity contribution in [1.29, 1.82) is 0 Å². The first-order valence-corrected chi connectivity index (χ1v) is 6.30. The lowest BCUT2D eigenvalue weighted by Crippen LogP contribution is -2.43. The average molecular weight is 284 g/mol. The minimum absolute atomic E-state index is 0.149. The third-order valence-electron chi connectivity index (χ3n) is 3.60. The molecule has 1 aromatic rings. The van der Waals surface area contributed by atoms with Gasteiger partial charge in [-0.1, -0.05) is 42.5 Å². The second-order valence-corrected chi connectivity index (χ2v) is 5.07. The minimum atomic E-state index is -4.61. The van der Waals surface area contributed by atoms with Crippen LogP contribution in [0.25, 0.3) is 0 Å². The molecule has 5 heteroatoms. The first-order chi connectivity index (χ1) is 9.35. The van der Waals surface area contributed by atoms with Crippen molar-refractivity contribution < 1.29 is 22.7 Å². The molecule has 1 aromatic carbocycles. The Labute approximate surface area is 115 Å². The van der Waals surface area contributed by atoms with Gasteiger partial charge in [-0.05, 0) is 24.8 Å². The predicted octanol–water partition coefficient (Wildman–Crippen LogP) is 4.02. The van der Waals surface area contributed by atoms with E-state index in [0.29, 0.717) is 11.1 Å². The van der Waals surface area contributed by atoms with Crippen molar-refractivity contribution in [2.75, 3.05) is 0 Å². The van der Waals surface area contributed by atoms with Crippen molar-refractivity contribution in [3.05, 3.63) is 48.0 Å². The van der Waals surface area contributed by atoms with Gasteiger partial charge in [0.05, 0.1) is 0 Å². The highest BCUT2D eigenvalue weighted by molar-refractivity contribution is 5.79. The second-order valence-electron chi connectivity index (χ2n) is 5.07. The number of carbonyl (C=O) groups excluding carboxylic acids is 1. The SMILES string of the molecule is C=C1CCC(C(=O)OCc2ccccc2)(C(F)(F)F)C1. The van der Waals surface area contributed by atoms with Crippen LogP contribution in [0.2, 0.25) is 0 Å². The molecule has 0 bridgehead atoms. The van der Waals surface area contributed by atoms with Crippen LogP contribution in [-0.2, 0) is 16.1 Å². The van der Waals surface area contributed by atoms with Gasteiger partial charge in [-0.2, -0.15) is 13.2 Å². The van der Waals surface area contributed by atoms with Crippen molar-refractivity contribution >= 4 is 5.97 Å². The van der Waals surface area contributed by atoms with E-state index in [1.165, 1.54) is 0 Å². The van der Waals surface area contributed by atoms with Crippen LogP contribution in [0.15, 0.2) is 42.5 Å². The summed E-state index contributed by atoms with van der Waals surface area (Å²) in [6.07, 6.45) is -5.05. The Morgan fingerprint density at radius 3 is 2.45 bits per heavy atom. The molecule has 2 rings (SSSR count). The molecule has 0 heterocycles. The molecule has 1 atom stereocenters. The number of hydrogen-bond acceptors (Lipinski definition) is 2. The summed E-state index contributed by atoms with van der Waals surface area (Å²) in [5.74, 6) is -1.20. The summed E-state index contributed by atoms with van der Waals surface area (Å²) in [5, 5.41) is 0. The van der Waals surface area contributed by atoms with E-state index in [4.69, 9.17) is 4.74 Å². The third-order valence-corrected chi connectivity index (χ3v) is 3.60. The molecule has 0 amide bonds. The van der Waals surface area contributed by atoms with Gasteiger partial charge >= 0.3 is 12.1 Å². The maximum absolute atomic E-state index is 13.2. The van der Waals surface area contributed by atoms with E-state index in [1.54, 1.807) is 30.3 Å². The summed E-state index contributed by atoms with van der Waals surface area (Å²) in [4.78, 5) is 11.9. The number of allylic oxidation sites excluding steroid dienone is 1. The molecule has 1 aliphatic rings. The van der Waals surface area contributed by atoms with Crippen molar-refractivity contribution in [2.24, 2.45) is 5.41 Å². The zero-order valence-electron chi connectivity index (χ0n) is 10.9. The maximum Gasteiger partial charge on any atom is 0.405 e. The fraction of sp³-hybridized carbons (Fsp3) is 0.400. The fourth-order valence-corrected chi connectivity index (χ4v) is 2.39. The Balaban J connectivity index is 2.11. The van der Waals surface area contributed by atoms with Crippen LogP contribution >= 0.6 is 0 Å². The van der Waals surface area contributed by atoms with Gasteiger partial charge in [0.2, 0.25) is 0 Å². The first kappa shape index (κ1) is 14.6. The van der Waals surface area contributed by atoms with Crippen molar-refractivity contribution in [3.8, 4) is 0 Å². The Morgan fingerprint density at radius 1 is 1.30 bits per heavy atom. The largest absolute Gasteiger partial charge is 0.460 e. The quantitative estimate of drug-likeness (QED) is 0.619. The molecule has 1 saturated carbocycles. The number of alkyl halides is 3. The van der Waals surface area contributed by atoms with Crippen LogP contribution in [0.4, 0.5) is 13.2 Å². The van der Waals surface area contributed by atoms with Gasteiger partial charge in [-0.25, -0.2) is 0 Å². The zero-order valence-corrected chi connectivity index (χ0v) is 10.9. The van der Waals surface area contributed by atoms with Crippen LogP contribution in [0.5, 0.6) is 0 Å². The lowest BCUT2D eigenvalue weighted by atomic mass is 9.85. The summed E-state index contributed by atoms with van der Waals surface area (Å²) in [5.41, 5.74) is -1.31. The van der Waals surface area contributed by atoms with E-state index < -0.39 is 17.6 Å². The summed E-state index contributed by atoms with van der Waals surface area (Å²) in [6, 6.07) is 8.64. The minimum Gasteiger partial charge on any atom is -0.460 e. The number of halogens is 3. The highest BCUT2D eigenvalue weighted by Gasteiger charge is 2.63. The molecule has 0 spiro atoms. The summed E-state index contributed by atoms with van der Waals surface area (Å²) in [6.45, 7) is 3.41. The van der Waals surface area contributed by atoms with Crippen molar-refractivity contribution in [1.82, 2.24) is 0 Å². The normalized spacial score (nSPS) is 22.9. The van der Waals surface area contributed by atoms with E-state index in [0.717, 1.165) is 0 Å². The van der Waals surface area contributed by atoms with Crippen LogP contribution in [0.3, 0.4) is 0 Å². The van der Waals surface area contributed by atoms with Crippen LogP contribution in [-0.4, -0.2) is 12.1 Å². The molecule has 1 fully saturated rings. The lowest BCUT2D eigenvalue weighted by Gasteiger charge is -2.28. The van der Waals surface area contributed by atoms with E-state index in [1.807, 2.05) is 0 Å². The average Bonchev–Trinajstić information content (AvgIpc) is 2.80. The molecule has 1 unspecified atom stereocenters. The number of ether oxygens (including phenoxy) is 1. The van der Waals surface area contributed by atoms with Gasteiger partial charge in [-0.3, -0.25) is 4.79 Å². The molecule has 0 aliphatic heterocycles. The Bertz CT molecular complexity index is 508. The Hall–Kier alpha value is -1.78. The number of esters is 1. The van der Waals surface area contributed by atoms with Gasteiger partial charge in [0.1, 0.15) is 6.61 Å². The molecule has 0 N–H and O–H groups in total. The highest BCUT2D eigenvalue weighted by Crippen LogP contribution is 2.52. The first-order valence-electron chi connectivity index (χ1n) is 6.30. The van der Waals surface area contributed by atoms with E-state index in [-0.39, 0.29) is 25.9 Å². The fourth-order valence-electron chi connectivity index (χ4n) is 2.39. The van der Waals surface area contributed by atoms with Gasteiger partial charge in [0.15, 0.2) is 5.41 Å². The zero-order chi connectivity index (χ0) is 14.8. The van der Waals surface area contributed by atoms with Gasteiger partial charge in [-0.15, -0.1) is 0 Å². The van der Waals surface area contributed by atoms with E-state index in [2.05, 4.69) is 6.58 Å². The van der Waals surface area contributed by atoms with E-state index >= 15 is 0 Å². The highest BCUT2D eigenvalue weighted by atomic mass is 19.4. The van der Waals surface area contributed by atoms with Gasteiger partial charge < -0.3 is 4.74 Å². The molecule has 20 heavy (non-hydrogen) atoms. The lowest BCUT2D eigenvalue weighted by molar-refractivity contribution is -0.233. The molecule has 0 radical (unpaired) electrons. The number of rotatable bonds is 3. The molecule has 0 aromatic heterocycles. The smallest absolute Gasteiger partial charge is 0.405 e. The van der Waals surface area contributed by atoms with Crippen LogP contribution in [0.1, 0.15) is 24.8 Å². The topological polar surface area (TPSA) is 26.3 Å². The summed E-state index contributed by atoms with van der Waals surface area (Å²) < 4.78 is 44.6. The molecule has 108 valence electrons. The van der Waals surface area contributed by atoms with Crippen molar-refractivity contribution in [3.63, 3.8) is 0 Å². The molecular formula is C15H15F3O2. The van der Waals surface area contributed by atoms with Crippen LogP contribution in [0, 0.1) is 5.41 Å². The summed E-state index contributed by atoms with van der Waals surface area (Å²) in [7, 11) is 0. The summed E-state index contributed by atoms with van der Waals surface area (Å²) >= 11 is 0. The van der Waals surface area contributed by atoms with E-state index in [9.17, 15) is 18.0 Å². The number of hydrogen-bond donors (Lipinski definition) is 0. The number of carbonyl (C=O) groups is 1. The molecule has 2 nitrogen and oxygen atoms in total. The third kappa shape index (κ3) is 2.71. The molecule has 0 saturated heterocycles. The van der Waals surface area contributed by atoms with Gasteiger partial charge in [0.25, 0.3) is 0 Å². The number of benzene rings is 1. The van der Waals surface area contributed by atoms with Gasteiger partial charge in [0, 0.05) is 0 Å². The molecule has 1 aliphatic carbocycles. The monoisotopic (exact) mass is 284 g/mol. The Kier molecular flexibility index (Phi) is 3.88. The standard InChI is InChI=1S/C15H15F3O2/c1-11-7-8-14(9-11,15(16,17)18)13(19)20-10-12-5-3-2-4-6-12/h2-6H,1,7-10H2. The Morgan fingerprint density at radius 2 is 1.95 bits per heavy atom.